The van der Waals surface area contributed by atoms with Gasteiger partial charge >= 0.3 is 17.9 Å². The summed E-state index contributed by atoms with van der Waals surface area (Å²) in [7, 11) is 0. The van der Waals surface area contributed by atoms with Crippen LogP contribution in [-0.4, -0.2) is 70.0 Å². The van der Waals surface area contributed by atoms with E-state index >= 15 is 0 Å². The van der Waals surface area contributed by atoms with Gasteiger partial charge in [0, 0.05) is 31.2 Å². The molecular weight excluding hydrogens is 430 g/mol. The highest BCUT2D eigenvalue weighted by molar-refractivity contribution is 5.67. The number of aromatic nitrogens is 2. The standard InChI is InChI=1S/C22H30N5O6/c1-22(2,3)33-27(29)19-13-26-12-18(32-20(26)24-19)15-30-17-6-4-16(5-7-17)14-31-21(28)25-10-8-23-9-11-25/h4-7,13,18,23H,8-12,14-15H2,1-3H3/q+1. The number of hydrogen-bond donors (Lipinski definition) is 1. The van der Waals surface area contributed by atoms with Gasteiger partial charge in [-0.2, -0.15) is 0 Å². The number of amides is 1. The Labute approximate surface area is 192 Å². The van der Waals surface area contributed by atoms with Gasteiger partial charge in [0.15, 0.2) is 16.6 Å². The van der Waals surface area contributed by atoms with Crippen LogP contribution in [0, 0.1) is 4.91 Å². The van der Waals surface area contributed by atoms with Crippen LogP contribution in [0.2, 0.25) is 0 Å². The maximum atomic E-state index is 12.1. The van der Waals surface area contributed by atoms with Gasteiger partial charge < -0.3 is 24.4 Å². The van der Waals surface area contributed by atoms with Gasteiger partial charge in [0.1, 0.15) is 25.2 Å². The summed E-state index contributed by atoms with van der Waals surface area (Å²) in [6.45, 7) is 9.34. The fourth-order valence-electron chi connectivity index (χ4n) is 3.44. The van der Waals surface area contributed by atoms with Crippen LogP contribution >= 0.6 is 0 Å². The summed E-state index contributed by atoms with van der Waals surface area (Å²) in [6.07, 6.45) is 1.09. The quantitative estimate of drug-likeness (QED) is 0.628. The van der Waals surface area contributed by atoms with Crippen LogP contribution in [0.5, 0.6) is 11.8 Å². The van der Waals surface area contributed by atoms with Crippen molar-refractivity contribution in [3.8, 4) is 11.8 Å². The van der Waals surface area contributed by atoms with E-state index in [9.17, 15) is 9.70 Å². The molecule has 0 radical (unpaired) electrons. The number of hydrogen-bond acceptors (Lipinski definition) is 8. The Hall–Kier alpha value is -3.34. The molecule has 1 fully saturated rings. The molecule has 3 heterocycles. The fraction of sp³-hybridized carbons (Fsp3) is 0.545. The van der Waals surface area contributed by atoms with Crippen LogP contribution in [0.25, 0.3) is 0 Å². The summed E-state index contributed by atoms with van der Waals surface area (Å²) in [4.78, 5) is 35.7. The molecule has 1 atom stereocenters. The number of benzene rings is 1. The molecule has 2 aliphatic heterocycles. The van der Waals surface area contributed by atoms with Crippen molar-refractivity contribution >= 4 is 11.9 Å². The maximum Gasteiger partial charge on any atom is 0.430 e. The van der Waals surface area contributed by atoms with Crippen LogP contribution in [-0.2, 0) is 22.7 Å². The van der Waals surface area contributed by atoms with Crippen molar-refractivity contribution in [2.45, 2.75) is 45.6 Å². The van der Waals surface area contributed by atoms with Crippen LogP contribution in [0.3, 0.4) is 0 Å². The van der Waals surface area contributed by atoms with Crippen molar-refractivity contribution in [2.75, 3.05) is 32.8 Å². The van der Waals surface area contributed by atoms with Gasteiger partial charge in [-0.15, -0.1) is 0 Å². The number of piperazine rings is 1. The topological polar surface area (TPSA) is 107 Å². The van der Waals surface area contributed by atoms with E-state index in [0.717, 1.165) is 18.7 Å². The highest BCUT2D eigenvalue weighted by Crippen LogP contribution is 2.26. The van der Waals surface area contributed by atoms with Gasteiger partial charge in [0.05, 0.1) is 6.54 Å². The molecule has 1 saturated heterocycles. The molecular formula is C22H30N5O6+. The number of carbonyl (C=O) groups excluding carboxylic acids is 1. The van der Waals surface area contributed by atoms with E-state index in [1.807, 2.05) is 24.3 Å². The predicted octanol–water partition coefficient (Wildman–Crippen LogP) is 2.41. The van der Waals surface area contributed by atoms with Gasteiger partial charge in [-0.25, -0.2) is 4.79 Å². The molecule has 0 saturated carbocycles. The van der Waals surface area contributed by atoms with Crippen LogP contribution in [0.4, 0.5) is 10.6 Å². The Kier molecular flexibility index (Phi) is 6.68. The normalized spacial score (nSPS) is 17.8. The van der Waals surface area contributed by atoms with E-state index in [-0.39, 0.29) is 24.6 Å². The minimum atomic E-state index is -0.616. The van der Waals surface area contributed by atoms with Gasteiger partial charge in [-0.05, 0) is 43.4 Å². The second-order valence-corrected chi connectivity index (χ2v) is 8.98. The Morgan fingerprint density at radius 1 is 1.24 bits per heavy atom. The van der Waals surface area contributed by atoms with Crippen molar-refractivity contribution in [3.63, 3.8) is 0 Å². The van der Waals surface area contributed by atoms with Gasteiger partial charge in [-0.3, -0.25) is 9.40 Å². The second kappa shape index (κ2) is 9.65. The molecule has 1 N–H and O–H groups in total. The number of rotatable bonds is 7. The Bertz CT molecular complexity index is 955. The first kappa shape index (κ1) is 22.8. The number of nitrogens with one attached hydrogen (secondary N) is 1. The average molecular weight is 461 g/mol. The third kappa shape index (κ3) is 6.13. The second-order valence-electron chi connectivity index (χ2n) is 8.98. The summed E-state index contributed by atoms with van der Waals surface area (Å²) >= 11 is 0. The first-order valence-electron chi connectivity index (χ1n) is 11.0. The molecule has 178 valence electrons. The van der Waals surface area contributed by atoms with E-state index in [4.69, 9.17) is 19.0 Å². The lowest BCUT2D eigenvalue weighted by Crippen LogP contribution is -2.46. The lowest BCUT2D eigenvalue weighted by molar-refractivity contribution is -0.768. The molecule has 1 unspecified atom stereocenters. The Morgan fingerprint density at radius 3 is 2.64 bits per heavy atom. The largest absolute Gasteiger partial charge is 0.490 e. The third-order valence-corrected chi connectivity index (χ3v) is 5.04. The summed E-state index contributed by atoms with van der Waals surface area (Å²) in [6, 6.07) is 7.76. The summed E-state index contributed by atoms with van der Waals surface area (Å²) < 4.78 is 18.7. The van der Waals surface area contributed by atoms with E-state index in [1.54, 1.807) is 36.4 Å². The molecule has 2 aromatic rings. The molecule has 1 aromatic heterocycles. The molecule has 2 aliphatic rings. The molecule has 0 spiro atoms. The fourth-order valence-corrected chi connectivity index (χ4v) is 3.44. The van der Waals surface area contributed by atoms with Gasteiger partial charge in [-0.1, -0.05) is 12.1 Å². The first-order chi connectivity index (χ1) is 15.8. The molecule has 11 heteroatoms. The Balaban J connectivity index is 1.20. The highest BCUT2D eigenvalue weighted by atomic mass is 16.8. The monoisotopic (exact) mass is 460 g/mol. The SMILES string of the molecule is CC(C)(C)O[N+](=O)c1cn2c(n1)OC(COc1ccc(COC(=O)N3CCNCC3)cc1)C2. The van der Waals surface area contributed by atoms with E-state index < -0.39 is 5.60 Å². The molecule has 4 rings (SSSR count). The lowest BCUT2D eigenvalue weighted by atomic mass is 10.2. The van der Waals surface area contributed by atoms with Crippen LogP contribution in [0.15, 0.2) is 30.5 Å². The third-order valence-electron chi connectivity index (χ3n) is 5.04. The minimum absolute atomic E-state index is 0.146. The van der Waals surface area contributed by atoms with Crippen molar-refractivity contribution in [2.24, 2.45) is 0 Å². The predicted molar refractivity (Wildman–Crippen MR) is 117 cm³/mol. The zero-order valence-electron chi connectivity index (χ0n) is 19.2. The number of fused-ring (bicyclic) bond motifs is 1. The molecule has 33 heavy (non-hydrogen) atoms. The van der Waals surface area contributed by atoms with E-state index in [1.165, 1.54) is 0 Å². The van der Waals surface area contributed by atoms with Gasteiger partial charge in [0.2, 0.25) is 0 Å². The average Bonchev–Trinajstić information content (AvgIpc) is 3.35. The van der Waals surface area contributed by atoms with E-state index in [0.29, 0.717) is 42.9 Å². The molecule has 1 amide bonds. The first-order valence-corrected chi connectivity index (χ1v) is 11.0. The zero-order valence-corrected chi connectivity index (χ0v) is 19.2. The van der Waals surface area contributed by atoms with Crippen molar-refractivity contribution in [1.29, 1.82) is 0 Å². The number of carbonyl (C=O) groups is 1. The lowest BCUT2D eigenvalue weighted by Gasteiger charge is -2.26. The van der Waals surface area contributed by atoms with Crippen LogP contribution in [0.1, 0.15) is 26.3 Å². The maximum absolute atomic E-state index is 12.1. The summed E-state index contributed by atoms with van der Waals surface area (Å²) in [5.74, 6) is 0.831. The summed E-state index contributed by atoms with van der Waals surface area (Å²) in [5, 5.41) is 3.20. The highest BCUT2D eigenvalue weighted by Gasteiger charge is 2.35. The van der Waals surface area contributed by atoms with Gasteiger partial charge in [0.25, 0.3) is 0 Å². The zero-order chi connectivity index (χ0) is 23.4. The molecule has 0 aliphatic carbocycles. The smallest absolute Gasteiger partial charge is 0.430 e. The number of imidazole rings is 1. The molecule has 1 aromatic carbocycles. The number of nitrogens with zero attached hydrogens (tertiary/aromatic N) is 4. The summed E-state index contributed by atoms with van der Waals surface area (Å²) in [5.41, 5.74) is 0.269. The minimum Gasteiger partial charge on any atom is -0.490 e. The molecule has 0 bridgehead atoms. The van der Waals surface area contributed by atoms with Crippen molar-refractivity contribution in [1.82, 2.24) is 19.8 Å². The van der Waals surface area contributed by atoms with E-state index in [2.05, 4.69) is 10.3 Å². The Morgan fingerprint density at radius 2 is 1.97 bits per heavy atom. The number of ether oxygens (including phenoxy) is 3. The molecule has 11 nitrogen and oxygen atoms in total. The van der Waals surface area contributed by atoms with Crippen molar-refractivity contribution < 1.29 is 28.8 Å². The van der Waals surface area contributed by atoms with Crippen LogP contribution < -0.4 is 14.8 Å². The van der Waals surface area contributed by atoms with Crippen molar-refractivity contribution in [3.05, 3.63) is 40.9 Å².